The molecule has 0 spiro atoms. The van der Waals surface area contributed by atoms with Gasteiger partial charge in [-0.15, -0.1) is 0 Å². The maximum Gasteiger partial charge on any atom is 0.307 e. The second kappa shape index (κ2) is 7.29. The molecule has 2 N–H and O–H groups in total. The highest BCUT2D eigenvalue weighted by Gasteiger charge is 2.03. The summed E-state index contributed by atoms with van der Waals surface area (Å²) in [6.45, 7) is 3.24. The number of carbonyl (C=O) groups excluding carboxylic acids is 1. The Morgan fingerprint density at radius 3 is 3.00 bits per heavy atom. The van der Waals surface area contributed by atoms with Gasteiger partial charge in [0.2, 0.25) is 0 Å². The van der Waals surface area contributed by atoms with Crippen LogP contribution in [0.1, 0.15) is 18.9 Å². The Morgan fingerprint density at radius 1 is 1.53 bits per heavy atom. The summed E-state index contributed by atoms with van der Waals surface area (Å²) < 4.78 is 5.72. The molecular formula is C12H16BrNO3. The van der Waals surface area contributed by atoms with Crippen LogP contribution in [0.4, 0.5) is 0 Å². The van der Waals surface area contributed by atoms with E-state index in [1.54, 1.807) is 19.1 Å². The highest BCUT2D eigenvalue weighted by atomic mass is 79.9. The van der Waals surface area contributed by atoms with Gasteiger partial charge in [0.25, 0.3) is 0 Å². The Balaban J connectivity index is 2.31. The number of hydrogen-bond acceptors (Lipinski definition) is 4. The Morgan fingerprint density at radius 2 is 2.29 bits per heavy atom. The van der Waals surface area contributed by atoms with Crippen LogP contribution in [0.5, 0.6) is 5.75 Å². The zero-order valence-electron chi connectivity index (χ0n) is 9.70. The lowest BCUT2D eigenvalue weighted by atomic mass is 10.2. The molecule has 5 heteroatoms. The summed E-state index contributed by atoms with van der Waals surface area (Å²) >= 11 is 3.34. The number of phenolic OH excluding ortho intramolecular Hbond substituents is 1. The van der Waals surface area contributed by atoms with Gasteiger partial charge < -0.3 is 15.2 Å². The molecule has 94 valence electrons. The fraction of sp³-hybridized carbons (Fsp3) is 0.417. The molecule has 0 heterocycles. The van der Waals surface area contributed by atoms with Crippen molar-refractivity contribution in [3.8, 4) is 5.75 Å². The van der Waals surface area contributed by atoms with Crippen LogP contribution in [0.15, 0.2) is 22.7 Å². The fourth-order valence-corrected chi connectivity index (χ4v) is 1.75. The number of ether oxygens (including phenoxy) is 1. The van der Waals surface area contributed by atoms with Crippen LogP contribution in [0.25, 0.3) is 0 Å². The van der Waals surface area contributed by atoms with Crippen molar-refractivity contribution in [1.82, 2.24) is 5.32 Å². The number of benzene rings is 1. The third-order valence-electron chi connectivity index (χ3n) is 2.17. The summed E-state index contributed by atoms with van der Waals surface area (Å²) in [6, 6.07) is 5.25. The van der Waals surface area contributed by atoms with Crippen LogP contribution in [0, 0.1) is 0 Å². The molecule has 0 amide bonds. The molecule has 0 bridgehead atoms. The largest absolute Gasteiger partial charge is 0.508 e. The van der Waals surface area contributed by atoms with E-state index in [1.165, 1.54) is 0 Å². The summed E-state index contributed by atoms with van der Waals surface area (Å²) in [4.78, 5) is 11.1. The van der Waals surface area contributed by atoms with Crippen LogP contribution in [0.3, 0.4) is 0 Å². The second-order valence-corrected chi connectivity index (χ2v) is 4.42. The summed E-state index contributed by atoms with van der Waals surface area (Å²) in [5.41, 5.74) is 0.795. The molecule has 17 heavy (non-hydrogen) atoms. The van der Waals surface area contributed by atoms with Gasteiger partial charge in [0.15, 0.2) is 0 Å². The number of nitrogens with one attached hydrogen (secondary N) is 1. The highest BCUT2D eigenvalue weighted by molar-refractivity contribution is 9.10. The quantitative estimate of drug-likeness (QED) is 0.625. The smallest absolute Gasteiger partial charge is 0.307 e. The Bertz CT molecular complexity index is 382. The number of esters is 1. The number of carbonyl (C=O) groups is 1. The topological polar surface area (TPSA) is 58.6 Å². The lowest BCUT2D eigenvalue weighted by molar-refractivity contribution is -0.142. The molecule has 4 nitrogen and oxygen atoms in total. The van der Waals surface area contributed by atoms with Crippen LogP contribution in [-0.4, -0.2) is 24.2 Å². The number of hydrogen-bond donors (Lipinski definition) is 2. The standard InChI is InChI=1S/C12H16BrNO3/c1-2-17-12(16)5-6-14-8-9-7-10(13)3-4-11(9)15/h3-4,7,14-15H,2,5-6,8H2,1H3. The second-order valence-electron chi connectivity index (χ2n) is 3.50. The molecular weight excluding hydrogens is 286 g/mol. The van der Waals surface area contributed by atoms with Gasteiger partial charge in [-0.05, 0) is 25.1 Å². The van der Waals surface area contributed by atoms with E-state index in [1.807, 2.05) is 6.07 Å². The van der Waals surface area contributed by atoms with Crippen LogP contribution in [-0.2, 0) is 16.1 Å². The van der Waals surface area contributed by atoms with Gasteiger partial charge in [-0.3, -0.25) is 4.79 Å². The van der Waals surface area contributed by atoms with E-state index in [0.29, 0.717) is 26.1 Å². The SMILES string of the molecule is CCOC(=O)CCNCc1cc(Br)ccc1O. The molecule has 0 aromatic heterocycles. The van der Waals surface area contributed by atoms with E-state index >= 15 is 0 Å². The first-order chi connectivity index (χ1) is 8.13. The Labute approximate surface area is 109 Å². The number of halogens is 1. The van der Waals surface area contributed by atoms with Crippen LogP contribution < -0.4 is 5.32 Å². The van der Waals surface area contributed by atoms with Crippen molar-refractivity contribution >= 4 is 21.9 Å². The van der Waals surface area contributed by atoms with Gasteiger partial charge >= 0.3 is 5.97 Å². The molecule has 0 aliphatic rings. The third kappa shape index (κ3) is 5.19. The minimum atomic E-state index is -0.210. The van der Waals surface area contributed by atoms with Crippen LogP contribution >= 0.6 is 15.9 Å². The van der Waals surface area contributed by atoms with E-state index in [9.17, 15) is 9.90 Å². The fourth-order valence-electron chi connectivity index (χ4n) is 1.34. The van der Waals surface area contributed by atoms with Crippen molar-refractivity contribution < 1.29 is 14.6 Å². The van der Waals surface area contributed by atoms with Gasteiger partial charge in [-0.2, -0.15) is 0 Å². The molecule has 0 aliphatic carbocycles. The van der Waals surface area contributed by atoms with Crippen molar-refractivity contribution in [2.24, 2.45) is 0 Å². The van der Waals surface area contributed by atoms with E-state index < -0.39 is 0 Å². The minimum Gasteiger partial charge on any atom is -0.508 e. The number of phenols is 1. The van der Waals surface area contributed by atoms with Gasteiger partial charge in [0.05, 0.1) is 13.0 Å². The Hall–Kier alpha value is -1.07. The molecule has 1 aromatic rings. The van der Waals surface area contributed by atoms with Crippen molar-refractivity contribution in [3.63, 3.8) is 0 Å². The van der Waals surface area contributed by atoms with Gasteiger partial charge in [-0.1, -0.05) is 15.9 Å². The zero-order valence-corrected chi connectivity index (χ0v) is 11.3. The molecule has 0 fully saturated rings. The molecule has 0 radical (unpaired) electrons. The van der Waals surface area contributed by atoms with Crippen molar-refractivity contribution in [3.05, 3.63) is 28.2 Å². The van der Waals surface area contributed by atoms with Gasteiger partial charge in [0.1, 0.15) is 5.75 Å². The first-order valence-electron chi connectivity index (χ1n) is 5.47. The maximum atomic E-state index is 11.1. The average Bonchev–Trinajstić information content (AvgIpc) is 2.29. The number of rotatable bonds is 6. The van der Waals surface area contributed by atoms with Crippen molar-refractivity contribution in [2.45, 2.75) is 19.9 Å². The first kappa shape index (κ1) is 14.0. The third-order valence-corrected chi connectivity index (χ3v) is 2.66. The molecule has 0 saturated heterocycles. The Kier molecular flexibility index (Phi) is 6.00. The molecule has 1 rings (SSSR count). The van der Waals surface area contributed by atoms with E-state index in [-0.39, 0.29) is 11.7 Å². The van der Waals surface area contributed by atoms with Crippen LogP contribution in [0.2, 0.25) is 0 Å². The van der Waals surface area contributed by atoms with E-state index in [0.717, 1.165) is 10.0 Å². The summed E-state index contributed by atoms with van der Waals surface area (Å²) in [5, 5.41) is 12.7. The lowest BCUT2D eigenvalue weighted by Gasteiger charge is -2.07. The minimum absolute atomic E-state index is 0.210. The molecule has 0 aliphatic heterocycles. The molecule has 1 aromatic carbocycles. The summed E-state index contributed by atoms with van der Waals surface area (Å²) in [7, 11) is 0. The highest BCUT2D eigenvalue weighted by Crippen LogP contribution is 2.21. The van der Waals surface area contributed by atoms with Crippen molar-refractivity contribution in [1.29, 1.82) is 0 Å². The van der Waals surface area contributed by atoms with Crippen molar-refractivity contribution in [2.75, 3.05) is 13.2 Å². The molecule has 0 saturated carbocycles. The van der Waals surface area contributed by atoms with E-state index in [4.69, 9.17) is 4.74 Å². The van der Waals surface area contributed by atoms with Gasteiger partial charge in [0, 0.05) is 23.1 Å². The number of aromatic hydroxyl groups is 1. The molecule has 0 atom stereocenters. The first-order valence-corrected chi connectivity index (χ1v) is 6.26. The normalized spacial score (nSPS) is 10.2. The molecule has 0 unspecified atom stereocenters. The monoisotopic (exact) mass is 301 g/mol. The summed E-state index contributed by atoms with van der Waals surface area (Å²) in [5.74, 6) is 0.0373. The lowest BCUT2D eigenvalue weighted by Crippen LogP contribution is -2.19. The zero-order chi connectivity index (χ0) is 12.7. The maximum absolute atomic E-state index is 11.1. The average molecular weight is 302 g/mol. The van der Waals surface area contributed by atoms with Gasteiger partial charge in [-0.25, -0.2) is 0 Å². The summed E-state index contributed by atoms with van der Waals surface area (Å²) in [6.07, 6.45) is 0.336. The predicted molar refractivity (Wildman–Crippen MR) is 68.8 cm³/mol. The van der Waals surface area contributed by atoms with E-state index in [2.05, 4.69) is 21.2 Å². The predicted octanol–water partition coefficient (Wildman–Crippen LogP) is 2.20.